The van der Waals surface area contributed by atoms with Crippen molar-refractivity contribution in [2.45, 2.75) is 58.7 Å². The van der Waals surface area contributed by atoms with Gasteiger partial charge in [-0.25, -0.2) is 8.78 Å². The van der Waals surface area contributed by atoms with Crippen LogP contribution in [0.25, 0.3) is 0 Å². The Morgan fingerprint density at radius 2 is 1.68 bits per heavy atom. The first-order chi connectivity index (χ1) is 13.1. The second-order valence-corrected chi connectivity index (χ2v) is 7.82. The maximum atomic E-state index is 13.6. The predicted octanol–water partition coefficient (Wildman–Crippen LogP) is 5.62. The van der Waals surface area contributed by atoms with Gasteiger partial charge in [-0.3, -0.25) is 4.99 Å². The zero-order valence-corrected chi connectivity index (χ0v) is 17.3. The number of benzene rings is 1. The van der Waals surface area contributed by atoms with E-state index in [1.807, 2.05) is 46.8 Å². The smallest absolute Gasteiger partial charge is 0.399 e. The van der Waals surface area contributed by atoms with Crippen LogP contribution in [0.2, 0.25) is 0 Å². The molecular formula is C22H28BF2NO2. The van der Waals surface area contributed by atoms with Gasteiger partial charge in [-0.2, -0.15) is 0 Å². The minimum atomic E-state index is -0.610. The Morgan fingerprint density at radius 3 is 2.18 bits per heavy atom. The molecule has 0 spiro atoms. The Balaban J connectivity index is 2.30. The molecule has 0 aromatic heterocycles. The second kappa shape index (κ2) is 8.97. The molecule has 28 heavy (non-hydrogen) atoms. The highest BCUT2D eigenvalue weighted by molar-refractivity contribution is 6.75. The number of hydrogen-bond acceptors (Lipinski definition) is 3. The average Bonchev–Trinajstić information content (AvgIpc) is 2.78. The summed E-state index contributed by atoms with van der Waals surface area (Å²) in [6.45, 7) is 13.6. The molecule has 1 aliphatic heterocycles. The summed E-state index contributed by atoms with van der Waals surface area (Å²) in [7, 11) is -0.592. The molecule has 0 aliphatic carbocycles. The molecule has 1 fully saturated rings. The quantitative estimate of drug-likeness (QED) is 0.346. The Bertz CT molecular complexity index is 777. The van der Waals surface area contributed by atoms with E-state index in [2.05, 4.69) is 11.6 Å². The van der Waals surface area contributed by atoms with Gasteiger partial charge in [-0.15, -0.1) is 0 Å². The van der Waals surface area contributed by atoms with Gasteiger partial charge in [0.2, 0.25) is 0 Å². The molecule has 1 aliphatic rings. The highest BCUT2D eigenvalue weighted by atomic mass is 19.1. The number of aliphatic imine (C=N–C) groups is 1. The Labute approximate surface area is 167 Å². The number of halogens is 2. The van der Waals surface area contributed by atoms with Crippen molar-refractivity contribution in [2.24, 2.45) is 4.99 Å². The Morgan fingerprint density at radius 1 is 1.11 bits per heavy atom. The van der Waals surface area contributed by atoms with Crippen molar-refractivity contribution in [2.75, 3.05) is 0 Å². The molecule has 6 heteroatoms. The molecule has 0 unspecified atom stereocenters. The largest absolute Gasteiger partial charge is 0.506 e. The van der Waals surface area contributed by atoms with Crippen molar-refractivity contribution >= 4 is 13.2 Å². The topological polar surface area (TPSA) is 30.8 Å². The maximum Gasteiger partial charge on any atom is 0.506 e. The fraction of sp³-hybridized carbons (Fsp3) is 0.409. The molecule has 0 N–H and O–H groups in total. The van der Waals surface area contributed by atoms with E-state index >= 15 is 0 Å². The van der Waals surface area contributed by atoms with Crippen LogP contribution in [0.5, 0.6) is 0 Å². The zero-order valence-electron chi connectivity index (χ0n) is 17.3. The van der Waals surface area contributed by atoms with E-state index in [1.54, 1.807) is 12.2 Å². The molecule has 1 saturated heterocycles. The fourth-order valence-corrected chi connectivity index (χ4v) is 2.80. The molecule has 0 atom stereocenters. The van der Waals surface area contributed by atoms with Crippen molar-refractivity contribution in [3.05, 3.63) is 71.5 Å². The van der Waals surface area contributed by atoms with Crippen LogP contribution in [0.15, 0.2) is 59.3 Å². The summed E-state index contributed by atoms with van der Waals surface area (Å²) < 4.78 is 39.0. The number of nitrogens with zero attached hydrogens (tertiary/aromatic N) is 1. The van der Waals surface area contributed by atoms with Crippen LogP contribution in [-0.2, 0) is 15.7 Å². The van der Waals surface area contributed by atoms with Crippen molar-refractivity contribution in [3.8, 4) is 0 Å². The molecule has 2 rings (SSSR count). The van der Waals surface area contributed by atoms with Crippen LogP contribution in [0.3, 0.4) is 0 Å². The molecule has 0 bridgehead atoms. The van der Waals surface area contributed by atoms with Gasteiger partial charge in [0, 0.05) is 24.3 Å². The van der Waals surface area contributed by atoms with Crippen molar-refractivity contribution in [1.82, 2.24) is 0 Å². The van der Waals surface area contributed by atoms with Crippen molar-refractivity contribution < 1.29 is 18.1 Å². The van der Waals surface area contributed by atoms with E-state index < -0.39 is 30.0 Å². The van der Waals surface area contributed by atoms with Crippen molar-refractivity contribution in [1.29, 1.82) is 0 Å². The van der Waals surface area contributed by atoms with Gasteiger partial charge < -0.3 is 9.31 Å². The zero-order chi connectivity index (χ0) is 20.9. The van der Waals surface area contributed by atoms with E-state index in [4.69, 9.17) is 9.31 Å². The highest BCUT2D eigenvalue weighted by Crippen LogP contribution is 2.36. The van der Waals surface area contributed by atoms with Crippen LogP contribution in [0, 0.1) is 11.6 Å². The summed E-state index contributed by atoms with van der Waals surface area (Å²) in [5.41, 5.74) is 1.24. The van der Waals surface area contributed by atoms with E-state index in [0.717, 1.165) is 18.1 Å². The summed E-state index contributed by atoms with van der Waals surface area (Å²) in [5, 5.41) is 0. The van der Waals surface area contributed by atoms with Crippen LogP contribution in [0.4, 0.5) is 8.78 Å². The molecule has 150 valence electrons. The predicted molar refractivity (Wildman–Crippen MR) is 111 cm³/mol. The molecule has 0 saturated carbocycles. The summed E-state index contributed by atoms with van der Waals surface area (Å²) in [4.78, 5) is 4.53. The first-order valence-electron chi connectivity index (χ1n) is 9.43. The number of hydrogen-bond donors (Lipinski definition) is 0. The SMILES string of the molecule is C=C/C=C(/C=C(/Cc1cc(F)cc(F)c1)N=CB1OC(C)(C)C(C)(C)O1)CC. The Hall–Kier alpha value is -2.05. The molecular weight excluding hydrogens is 359 g/mol. The van der Waals surface area contributed by atoms with Gasteiger partial charge in [0.1, 0.15) is 11.6 Å². The van der Waals surface area contributed by atoms with E-state index in [-0.39, 0.29) is 6.42 Å². The lowest BCUT2D eigenvalue weighted by Crippen LogP contribution is -2.41. The first-order valence-corrected chi connectivity index (χ1v) is 9.43. The number of allylic oxidation sites excluding steroid dienone is 5. The van der Waals surface area contributed by atoms with Gasteiger partial charge in [-0.05, 0) is 63.5 Å². The third kappa shape index (κ3) is 5.73. The summed E-state index contributed by atoms with van der Waals surface area (Å²) in [6.07, 6.45) is 8.13. The monoisotopic (exact) mass is 387 g/mol. The lowest BCUT2D eigenvalue weighted by molar-refractivity contribution is 0.00578. The average molecular weight is 387 g/mol. The van der Waals surface area contributed by atoms with Crippen molar-refractivity contribution in [3.63, 3.8) is 0 Å². The normalized spacial score (nSPS) is 19.5. The van der Waals surface area contributed by atoms with Crippen LogP contribution in [0.1, 0.15) is 46.6 Å². The van der Waals surface area contributed by atoms with Crippen LogP contribution >= 0.6 is 0 Å². The summed E-state index contributed by atoms with van der Waals surface area (Å²) in [5.74, 6) is -1.22. The molecule has 1 aromatic rings. The summed E-state index contributed by atoms with van der Waals surface area (Å²) in [6, 6.07) is 3.48. The molecule has 1 aromatic carbocycles. The van der Waals surface area contributed by atoms with Gasteiger partial charge in [0.25, 0.3) is 0 Å². The molecule has 1 heterocycles. The minimum absolute atomic E-state index is 0.277. The fourth-order valence-electron chi connectivity index (χ4n) is 2.80. The van der Waals surface area contributed by atoms with Gasteiger partial charge in [0.15, 0.2) is 0 Å². The molecule has 0 amide bonds. The first kappa shape index (κ1) is 22.2. The van der Waals surface area contributed by atoms with Crippen LogP contribution in [-0.4, -0.2) is 24.4 Å². The molecule has 0 radical (unpaired) electrons. The van der Waals surface area contributed by atoms with Gasteiger partial charge >= 0.3 is 7.12 Å². The van der Waals surface area contributed by atoms with E-state index in [0.29, 0.717) is 11.3 Å². The standard InChI is InChI=1S/C22H28BF2NO2/c1-7-9-16(8-2)12-20(13-17-10-18(24)14-19(25)11-17)26-15-23-27-21(3,4)22(5,6)28-23/h7,9-12,14-15H,1,8,13H2,2-6H3/b16-9+,20-12-,26-15?. The van der Waals surface area contributed by atoms with E-state index in [1.165, 1.54) is 12.1 Å². The number of rotatable bonds is 7. The third-order valence-electron chi connectivity index (χ3n) is 5.03. The van der Waals surface area contributed by atoms with Gasteiger partial charge in [0.05, 0.1) is 11.2 Å². The highest BCUT2D eigenvalue weighted by Gasteiger charge is 2.50. The maximum absolute atomic E-state index is 13.6. The molecule has 3 nitrogen and oxygen atoms in total. The lowest BCUT2D eigenvalue weighted by atomic mass is 9.90. The van der Waals surface area contributed by atoms with E-state index in [9.17, 15) is 8.78 Å². The summed E-state index contributed by atoms with van der Waals surface area (Å²) >= 11 is 0. The third-order valence-corrected chi connectivity index (χ3v) is 5.03. The lowest BCUT2D eigenvalue weighted by Gasteiger charge is -2.32. The Kier molecular flexibility index (Phi) is 7.13. The van der Waals surface area contributed by atoms with Gasteiger partial charge in [-0.1, -0.05) is 25.7 Å². The second-order valence-electron chi connectivity index (χ2n) is 7.82. The minimum Gasteiger partial charge on any atom is -0.399 e. The van der Waals surface area contributed by atoms with Crippen LogP contribution < -0.4 is 0 Å².